The van der Waals surface area contributed by atoms with E-state index in [0.717, 1.165) is 11.4 Å². The molecule has 0 radical (unpaired) electrons. The van der Waals surface area contributed by atoms with Crippen molar-refractivity contribution in [2.45, 2.75) is 13.3 Å². The van der Waals surface area contributed by atoms with E-state index < -0.39 is 5.92 Å². The number of rotatable bonds is 5. The average Bonchev–Trinajstić information content (AvgIpc) is 2.99. The van der Waals surface area contributed by atoms with Crippen molar-refractivity contribution < 1.29 is 14.3 Å². The average molecular weight is 324 g/mol. The van der Waals surface area contributed by atoms with Gasteiger partial charge < -0.3 is 15.0 Å². The highest BCUT2D eigenvalue weighted by atomic mass is 16.5. The predicted octanol–water partition coefficient (Wildman–Crippen LogP) is 3.08. The summed E-state index contributed by atoms with van der Waals surface area (Å²) in [6.07, 6.45) is 0.524. The first-order valence-electron chi connectivity index (χ1n) is 8.09. The molecule has 1 aliphatic heterocycles. The molecule has 5 heteroatoms. The maximum atomic E-state index is 12.5. The van der Waals surface area contributed by atoms with Gasteiger partial charge in [-0.05, 0) is 49.7 Å². The van der Waals surface area contributed by atoms with Crippen LogP contribution in [-0.2, 0) is 9.59 Å². The molecule has 3 rings (SSSR count). The number of hydrogen-bond donors (Lipinski definition) is 1. The summed E-state index contributed by atoms with van der Waals surface area (Å²) in [5.41, 5.74) is 1.49. The quantitative estimate of drug-likeness (QED) is 0.860. The number of anilines is 2. The van der Waals surface area contributed by atoms with Crippen LogP contribution < -0.4 is 15.0 Å². The van der Waals surface area contributed by atoms with Crippen molar-refractivity contribution in [3.8, 4) is 5.75 Å². The highest BCUT2D eigenvalue weighted by Crippen LogP contribution is 2.26. The fraction of sp³-hybridized carbons (Fsp3) is 0.263. The Hall–Kier alpha value is -2.82. The molecule has 0 aromatic heterocycles. The van der Waals surface area contributed by atoms with Gasteiger partial charge in [0.1, 0.15) is 11.7 Å². The summed E-state index contributed by atoms with van der Waals surface area (Å²) in [4.78, 5) is 26.6. The minimum Gasteiger partial charge on any atom is -0.494 e. The summed E-state index contributed by atoms with van der Waals surface area (Å²) in [6, 6.07) is 16.6. The van der Waals surface area contributed by atoms with E-state index in [1.54, 1.807) is 29.2 Å². The van der Waals surface area contributed by atoms with Gasteiger partial charge in [-0.1, -0.05) is 18.2 Å². The van der Waals surface area contributed by atoms with Gasteiger partial charge >= 0.3 is 0 Å². The zero-order valence-corrected chi connectivity index (χ0v) is 13.6. The van der Waals surface area contributed by atoms with Gasteiger partial charge in [-0.2, -0.15) is 0 Å². The molecule has 0 saturated carbocycles. The summed E-state index contributed by atoms with van der Waals surface area (Å²) < 4.78 is 5.37. The van der Waals surface area contributed by atoms with Crippen LogP contribution in [0.5, 0.6) is 5.75 Å². The Labute approximate surface area is 141 Å². The number of amides is 2. The Morgan fingerprint density at radius 2 is 1.88 bits per heavy atom. The predicted molar refractivity (Wildman–Crippen MR) is 93.1 cm³/mol. The second-order valence-electron chi connectivity index (χ2n) is 5.61. The van der Waals surface area contributed by atoms with E-state index >= 15 is 0 Å². The van der Waals surface area contributed by atoms with E-state index in [-0.39, 0.29) is 11.8 Å². The first-order valence-corrected chi connectivity index (χ1v) is 8.09. The summed E-state index contributed by atoms with van der Waals surface area (Å²) in [5.74, 6) is -0.299. The molecule has 0 spiro atoms. The number of carbonyl (C=O) groups is 2. The largest absolute Gasteiger partial charge is 0.494 e. The Morgan fingerprint density at radius 1 is 1.17 bits per heavy atom. The second kappa shape index (κ2) is 7.17. The number of benzene rings is 2. The van der Waals surface area contributed by atoms with E-state index in [1.165, 1.54) is 0 Å². The minimum atomic E-state index is -0.642. The minimum absolute atomic E-state index is 0.148. The van der Waals surface area contributed by atoms with Gasteiger partial charge in [0, 0.05) is 17.9 Å². The van der Waals surface area contributed by atoms with Crippen LogP contribution in [0, 0.1) is 5.92 Å². The zero-order valence-electron chi connectivity index (χ0n) is 13.6. The molecule has 1 fully saturated rings. The van der Waals surface area contributed by atoms with Gasteiger partial charge in [0.2, 0.25) is 11.8 Å². The third-order valence-corrected chi connectivity index (χ3v) is 4.02. The molecular formula is C19H20N2O3. The highest BCUT2D eigenvalue weighted by molar-refractivity contribution is 6.13. The maximum absolute atomic E-state index is 12.5. The molecule has 0 aliphatic carbocycles. The normalized spacial score (nSPS) is 17.0. The maximum Gasteiger partial charge on any atom is 0.239 e. The van der Waals surface area contributed by atoms with Crippen molar-refractivity contribution in [3.63, 3.8) is 0 Å². The van der Waals surface area contributed by atoms with Crippen LogP contribution in [0.3, 0.4) is 0 Å². The van der Waals surface area contributed by atoms with Gasteiger partial charge in [0.05, 0.1) is 6.61 Å². The van der Waals surface area contributed by atoms with Crippen LogP contribution in [0.2, 0.25) is 0 Å². The molecule has 2 aromatic carbocycles. The molecule has 2 amide bonds. The standard InChI is InChI=1S/C19H20N2O3/c1-2-24-16-10-8-14(9-11-16)20-18(22)17-12-13-21(19(17)23)15-6-4-3-5-7-15/h3-11,17H,2,12-13H2,1H3,(H,20,22). The molecule has 1 atom stereocenters. The monoisotopic (exact) mass is 324 g/mol. The lowest BCUT2D eigenvalue weighted by atomic mass is 10.1. The smallest absolute Gasteiger partial charge is 0.239 e. The highest BCUT2D eigenvalue weighted by Gasteiger charge is 2.37. The molecule has 0 bridgehead atoms. The number of hydrogen-bond acceptors (Lipinski definition) is 3. The topological polar surface area (TPSA) is 58.6 Å². The van der Waals surface area contributed by atoms with Gasteiger partial charge in [-0.15, -0.1) is 0 Å². The lowest BCUT2D eigenvalue weighted by Gasteiger charge is -2.16. The fourth-order valence-corrected chi connectivity index (χ4v) is 2.82. The van der Waals surface area contributed by atoms with E-state index in [2.05, 4.69) is 5.32 Å². The lowest BCUT2D eigenvalue weighted by molar-refractivity contribution is -0.129. The van der Waals surface area contributed by atoms with Crippen LogP contribution in [0.4, 0.5) is 11.4 Å². The van der Waals surface area contributed by atoms with Crippen molar-refractivity contribution in [2.24, 2.45) is 5.92 Å². The third-order valence-electron chi connectivity index (χ3n) is 4.02. The van der Waals surface area contributed by atoms with E-state index in [4.69, 9.17) is 4.74 Å². The van der Waals surface area contributed by atoms with E-state index in [1.807, 2.05) is 37.3 Å². The number of para-hydroxylation sites is 1. The molecular weight excluding hydrogens is 304 g/mol. The van der Waals surface area contributed by atoms with Crippen LogP contribution in [-0.4, -0.2) is 25.0 Å². The van der Waals surface area contributed by atoms with Crippen LogP contribution in [0.1, 0.15) is 13.3 Å². The second-order valence-corrected chi connectivity index (χ2v) is 5.61. The van der Waals surface area contributed by atoms with Crippen LogP contribution in [0.15, 0.2) is 54.6 Å². The molecule has 124 valence electrons. The van der Waals surface area contributed by atoms with Crippen molar-refractivity contribution in [2.75, 3.05) is 23.4 Å². The molecule has 1 saturated heterocycles. The molecule has 24 heavy (non-hydrogen) atoms. The van der Waals surface area contributed by atoms with E-state index in [9.17, 15) is 9.59 Å². The summed E-state index contributed by atoms with van der Waals surface area (Å²) in [6.45, 7) is 3.07. The first kappa shape index (κ1) is 16.1. The molecule has 1 heterocycles. The Morgan fingerprint density at radius 3 is 2.54 bits per heavy atom. The van der Waals surface area contributed by atoms with Crippen molar-refractivity contribution in [1.29, 1.82) is 0 Å². The molecule has 1 unspecified atom stereocenters. The Bertz CT molecular complexity index is 713. The van der Waals surface area contributed by atoms with E-state index in [0.29, 0.717) is 25.3 Å². The number of ether oxygens (including phenoxy) is 1. The first-order chi connectivity index (χ1) is 11.7. The van der Waals surface area contributed by atoms with Crippen LogP contribution >= 0.6 is 0 Å². The molecule has 1 N–H and O–H groups in total. The third kappa shape index (κ3) is 3.40. The van der Waals surface area contributed by atoms with Crippen molar-refractivity contribution in [1.82, 2.24) is 0 Å². The zero-order chi connectivity index (χ0) is 16.9. The van der Waals surface area contributed by atoms with Gasteiger partial charge in [0.15, 0.2) is 0 Å². The Kier molecular flexibility index (Phi) is 4.79. The Balaban J connectivity index is 1.64. The number of carbonyl (C=O) groups excluding carboxylic acids is 2. The lowest BCUT2D eigenvalue weighted by Crippen LogP contribution is -2.33. The van der Waals surface area contributed by atoms with Crippen molar-refractivity contribution >= 4 is 23.2 Å². The van der Waals surface area contributed by atoms with Crippen molar-refractivity contribution in [3.05, 3.63) is 54.6 Å². The van der Waals surface area contributed by atoms with Gasteiger partial charge in [-0.3, -0.25) is 9.59 Å². The van der Waals surface area contributed by atoms with Gasteiger partial charge in [-0.25, -0.2) is 0 Å². The molecule has 1 aliphatic rings. The number of nitrogens with one attached hydrogen (secondary N) is 1. The summed E-state index contributed by atoms with van der Waals surface area (Å²) in [7, 11) is 0. The number of nitrogens with zero attached hydrogens (tertiary/aromatic N) is 1. The molecule has 2 aromatic rings. The fourth-order valence-electron chi connectivity index (χ4n) is 2.82. The summed E-state index contributed by atoms with van der Waals surface area (Å²) >= 11 is 0. The van der Waals surface area contributed by atoms with Crippen LogP contribution in [0.25, 0.3) is 0 Å². The molecule has 5 nitrogen and oxygen atoms in total. The summed E-state index contributed by atoms with van der Waals surface area (Å²) in [5, 5.41) is 2.81. The van der Waals surface area contributed by atoms with Gasteiger partial charge in [0.25, 0.3) is 0 Å². The SMILES string of the molecule is CCOc1ccc(NC(=O)C2CCN(c3ccccc3)C2=O)cc1.